The summed E-state index contributed by atoms with van der Waals surface area (Å²) in [5.41, 5.74) is 0.829. The van der Waals surface area contributed by atoms with E-state index in [2.05, 4.69) is 6.58 Å². The molecular formula is C22H17N3O5. The number of esters is 1. The fourth-order valence-electron chi connectivity index (χ4n) is 3.00. The van der Waals surface area contributed by atoms with Crippen LogP contribution in [0.2, 0.25) is 0 Å². The highest BCUT2D eigenvalue weighted by Crippen LogP contribution is 2.24. The second kappa shape index (κ2) is 8.84. The lowest BCUT2D eigenvalue weighted by atomic mass is 10.1. The molecule has 0 bridgehead atoms. The van der Waals surface area contributed by atoms with E-state index in [0.29, 0.717) is 5.69 Å². The van der Waals surface area contributed by atoms with Crippen LogP contribution in [0.25, 0.3) is 0 Å². The number of hydrogen-bond donors (Lipinski definition) is 0. The third-order valence-electron chi connectivity index (χ3n) is 4.44. The van der Waals surface area contributed by atoms with Gasteiger partial charge in [-0.2, -0.15) is 5.26 Å². The lowest BCUT2D eigenvalue weighted by Crippen LogP contribution is -2.35. The first-order valence-corrected chi connectivity index (χ1v) is 8.98. The normalized spacial score (nSPS) is 12.2. The Balaban J connectivity index is 1.71. The lowest BCUT2D eigenvalue weighted by Gasteiger charge is -2.19. The summed E-state index contributed by atoms with van der Waals surface area (Å²) in [6, 6.07) is 14.4. The molecule has 2 aromatic carbocycles. The molecule has 0 saturated carbocycles. The molecule has 0 atom stereocenters. The van der Waals surface area contributed by atoms with Gasteiger partial charge in [0.25, 0.3) is 17.7 Å². The SMILES string of the molecule is C=CCN1C(=O)c2ccc(C(=O)OCC(=O)N(CC#N)c3ccccc3)cc2C1=O. The number of fused-ring (bicyclic) bond motifs is 1. The number of imide groups is 1. The molecule has 8 heteroatoms. The van der Waals surface area contributed by atoms with Crippen molar-refractivity contribution >= 4 is 29.4 Å². The predicted octanol–water partition coefficient (Wildman–Crippen LogP) is 2.18. The number of amides is 3. The zero-order valence-electron chi connectivity index (χ0n) is 15.9. The minimum absolute atomic E-state index is 0.0368. The van der Waals surface area contributed by atoms with E-state index < -0.39 is 30.3 Å². The number of para-hydroxylation sites is 1. The quantitative estimate of drug-likeness (QED) is 0.303. The summed E-state index contributed by atoms with van der Waals surface area (Å²) in [5.74, 6) is -2.37. The minimum atomic E-state index is -0.821. The van der Waals surface area contributed by atoms with E-state index >= 15 is 0 Å². The first-order chi connectivity index (χ1) is 14.5. The Labute approximate surface area is 172 Å². The molecule has 0 spiro atoms. The van der Waals surface area contributed by atoms with Crippen LogP contribution >= 0.6 is 0 Å². The van der Waals surface area contributed by atoms with Crippen LogP contribution in [-0.4, -0.2) is 48.3 Å². The summed E-state index contributed by atoms with van der Waals surface area (Å²) < 4.78 is 5.07. The largest absolute Gasteiger partial charge is 0.452 e. The average molecular weight is 403 g/mol. The van der Waals surface area contributed by atoms with E-state index in [-0.39, 0.29) is 29.8 Å². The van der Waals surface area contributed by atoms with Crippen molar-refractivity contribution in [1.29, 1.82) is 5.26 Å². The van der Waals surface area contributed by atoms with Gasteiger partial charge in [-0.3, -0.25) is 24.2 Å². The van der Waals surface area contributed by atoms with Gasteiger partial charge in [0.05, 0.1) is 22.8 Å². The lowest BCUT2D eigenvalue weighted by molar-refractivity contribution is -0.121. The molecule has 30 heavy (non-hydrogen) atoms. The van der Waals surface area contributed by atoms with Gasteiger partial charge in [0.2, 0.25) is 0 Å². The fourth-order valence-corrected chi connectivity index (χ4v) is 3.00. The van der Waals surface area contributed by atoms with E-state index in [1.165, 1.54) is 29.2 Å². The van der Waals surface area contributed by atoms with Crippen LogP contribution in [0.1, 0.15) is 31.1 Å². The average Bonchev–Trinajstić information content (AvgIpc) is 3.00. The van der Waals surface area contributed by atoms with E-state index in [0.717, 1.165) is 4.90 Å². The Bertz CT molecular complexity index is 1070. The second-order valence-corrected chi connectivity index (χ2v) is 6.32. The number of ether oxygens (including phenoxy) is 1. The molecule has 2 aromatic rings. The van der Waals surface area contributed by atoms with Crippen LogP contribution in [0.4, 0.5) is 5.69 Å². The van der Waals surface area contributed by atoms with Gasteiger partial charge in [0.15, 0.2) is 6.61 Å². The molecular weight excluding hydrogens is 386 g/mol. The Morgan fingerprint density at radius 3 is 2.47 bits per heavy atom. The topological polar surface area (TPSA) is 108 Å². The van der Waals surface area contributed by atoms with Gasteiger partial charge in [0.1, 0.15) is 6.54 Å². The van der Waals surface area contributed by atoms with Crippen LogP contribution in [0.5, 0.6) is 0 Å². The Hall–Kier alpha value is -4.25. The number of carbonyl (C=O) groups excluding carboxylic acids is 4. The van der Waals surface area contributed by atoms with Crippen LogP contribution in [-0.2, 0) is 9.53 Å². The first kappa shape index (κ1) is 20.5. The van der Waals surface area contributed by atoms with Gasteiger partial charge < -0.3 is 4.74 Å². The van der Waals surface area contributed by atoms with Crippen molar-refractivity contribution in [2.45, 2.75) is 0 Å². The Morgan fingerprint density at radius 1 is 1.10 bits per heavy atom. The summed E-state index contributed by atoms with van der Waals surface area (Å²) in [6.45, 7) is 2.80. The van der Waals surface area contributed by atoms with Crippen molar-refractivity contribution in [1.82, 2.24) is 4.90 Å². The summed E-state index contributed by atoms with van der Waals surface area (Å²) >= 11 is 0. The van der Waals surface area contributed by atoms with Gasteiger partial charge in [-0.05, 0) is 30.3 Å². The molecule has 150 valence electrons. The molecule has 0 radical (unpaired) electrons. The Morgan fingerprint density at radius 2 is 1.80 bits per heavy atom. The van der Waals surface area contributed by atoms with Crippen molar-refractivity contribution in [3.63, 3.8) is 0 Å². The highest BCUT2D eigenvalue weighted by atomic mass is 16.5. The third kappa shape index (κ3) is 3.95. The van der Waals surface area contributed by atoms with E-state index in [9.17, 15) is 19.2 Å². The number of hydrogen-bond acceptors (Lipinski definition) is 6. The third-order valence-corrected chi connectivity index (χ3v) is 4.44. The molecule has 0 N–H and O–H groups in total. The van der Waals surface area contributed by atoms with Crippen molar-refractivity contribution < 1.29 is 23.9 Å². The Kier molecular flexibility index (Phi) is 6.03. The van der Waals surface area contributed by atoms with E-state index in [1.54, 1.807) is 30.3 Å². The van der Waals surface area contributed by atoms with E-state index in [1.807, 2.05) is 6.07 Å². The number of nitrogens with zero attached hydrogens (tertiary/aromatic N) is 3. The first-order valence-electron chi connectivity index (χ1n) is 8.98. The molecule has 0 unspecified atom stereocenters. The van der Waals surface area contributed by atoms with Gasteiger partial charge >= 0.3 is 5.97 Å². The van der Waals surface area contributed by atoms with Crippen molar-refractivity contribution in [3.8, 4) is 6.07 Å². The number of anilines is 1. The second-order valence-electron chi connectivity index (χ2n) is 6.32. The van der Waals surface area contributed by atoms with Gasteiger partial charge in [-0.15, -0.1) is 6.58 Å². The molecule has 1 aliphatic heterocycles. The number of carbonyl (C=O) groups is 4. The molecule has 1 heterocycles. The highest BCUT2D eigenvalue weighted by Gasteiger charge is 2.35. The smallest absolute Gasteiger partial charge is 0.338 e. The number of benzene rings is 2. The van der Waals surface area contributed by atoms with E-state index in [4.69, 9.17) is 10.00 Å². The molecule has 0 fully saturated rings. The monoisotopic (exact) mass is 403 g/mol. The molecule has 3 amide bonds. The standard InChI is InChI=1S/C22H17N3O5/c1-2-11-25-20(27)17-9-8-15(13-18(17)21(25)28)22(29)30-14-19(26)24(12-10-23)16-6-4-3-5-7-16/h2-9,13H,1,11-12,14H2. The molecule has 0 aromatic heterocycles. The van der Waals surface area contributed by atoms with Gasteiger partial charge in [-0.1, -0.05) is 24.3 Å². The maximum absolute atomic E-state index is 12.4. The number of rotatable bonds is 7. The van der Waals surface area contributed by atoms with Crippen LogP contribution in [0.15, 0.2) is 61.2 Å². The maximum atomic E-state index is 12.4. The van der Waals surface area contributed by atoms with Crippen molar-refractivity contribution in [3.05, 3.63) is 77.9 Å². The van der Waals surface area contributed by atoms with Crippen LogP contribution < -0.4 is 4.90 Å². The maximum Gasteiger partial charge on any atom is 0.338 e. The van der Waals surface area contributed by atoms with Gasteiger partial charge in [-0.25, -0.2) is 4.79 Å². The summed E-state index contributed by atoms with van der Waals surface area (Å²) in [5, 5.41) is 8.98. The molecule has 3 rings (SSSR count). The van der Waals surface area contributed by atoms with Crippen LogP contribution in [0.3, 0.4) is 0 Å². The predicted molar refractivity (Wildman–Crippen MR) is 107 cm³/mol. The molecule has 1 aliphatic rings. The molecule has 0 aliphatic carbocycles. The molecule has 8 nitrogen and oxygen atoms in total. The van der Waals surface area contributed by atoms with Crippen molar-refractivity contribution in [2.24, 2.45) is 0 Å². The summed E-state index contributed by atoms with van der Waals surface area (Å²) in [7, 11) is 0. The zero-order chi connectivity index (χ0) is 21.7. The fraction of sp³-hybridized carbons (Fsp3) is 0.136. The van der Waals surface area contributed by atoms with Gasteiger partial charge in [0, 0.05) is 12.2 Å². The van der Waals surface area contributed by atoms with Crippen LogP contribution in [0, 0.1) is 11.3 Å². The minimum Gasteiger partial charge on any atom is -0.452 e. The summed E-state index contributed by atoms with van der Waals surface area (Å²) in [6.07, 6.45) is 1.43. The number of nitriles is 1. The molecule has 0 saturated heterocycles. The van der Waals surface area contributed by atoms with Crippen molar-refractivity contribution in [2.75, 3.05) is 24.6 Å². The summed E-state index contributed by atoms with van der Waals surface area (Å²) in [4.78, 5) is 51.6. The highest BCUT2D eigenvalue weighted by molar-refractivity contribution is 6.22. The zero-order valence-corrected chi connectivity index (χ0v) is 15.9.